The lowest BCUT2D eigenvalue weighted by Crippen LogP contribution is -2.47. The van der Waals surface area contributed by atoms with Gasteiger partial charge in [0.25, 0.3) is 10.0 Å². The molecule has 172 valence electrons. The molecule has 0 spiro atoms. The van der Waals surface area contributed by atoms with Crippen molar-refractivity contribution in [2.75, 3.05) is 33.3 Å². The van der Waals surface area contributed by atoms with Gasteiger partial charge in [-0.2, -0.15) is 17.5 Å². The number of thiophene rings is 1. The molecule has 2 aliphatic heterocycles. The van der Waals surface area contributed by atoms with Crippen LogP contribution in [0.5, 0.6) is 0 Å². The quantitative estimate of drug-likeness (QED) is 0.629. The standard InChI is InChI=1S/C19H24F3N3O4S2/c1-24(12-14-3-2-10-28-14)13-6-8-25(9-7-13)31(26,27)18-5-4-16(30-18)15-11-17(29-23-15)19(20,21)22/h4-5,11,13-14H,2-3,6-10,12H2,1H3/t14-/m1/s1. The van der Waals surface area contributed by atoms with E-state index >= 15 is 0 Å². The number of nitrogens with zero attached hydrogens (tertiary/aromatic N) is 3. The highest BCUT2D eigenvalue weighted by atomic mass is 32.2. The molecule has 31 heavy (non-hydrogen) atoms. The highest BCUT2D eigenvalue weighted by Gasteiger charge is 2.37. The first-order valence-corrected chi connectivity index (χ1v) is 12.4. The van der Waals surface area contributed by atoms with Crippen molar-refractivity contribution in [1.29, 1.82) is 0 Å². The van der Waals surface area contributed by atoms with Crippen LogP contribution < -0.4 is 0 Å². The fourth-order valence-corrected chi connectivity index (χ4v) is 6.91. The number of hydrogen-bond acceptors (Lipinski definition) is 7. The zero-order valence-electron chi connectivity index (χ0n) is 17.0. The third-order valence-corrected chi connectivity index (χ3v) is 9.25. The van der Waals surface area contributed by atoms with Crippen molar-refractivity contribution in [3.8, 4) is 10.6 Å². The van der Waals surface area contributed by atoms with Crippen LogP contribution in [0.3, 0.4) is 0 Å². The summed E-state index contributed by atoms with van der Waals surface area (Å²) >= 11 is 0.893. The Morgan fingerprint density at radius 1 is 1.26 bits per heavy atom. The number of alkyl halides is 3. The molecule has 0 aromatic carbocycles. The number of rotatable bonds is 6. The summed E-state index contributed by atoms with van der Waals surface area (Å²) in [5, 5.41) is 3.42. The molecule has 0 radical (unpaired) electrons. The normalized spacial score (nSPS) is 21.9. The van der Waals surface area contributed by atoms with Crippen molar-refractivity contribution in [2.45, 2.75) is 48.2 Å². The lowest BCUT2D eigenvalue weighted by atomic mass is 10.0. The summed E-state index contributed by atoms with van der Waals surface area (Å²) in [7, 11) is -1.66. The SMILES string of the molecule is CN(C[C@H]1CCCO1)C1CCN(S(=O)(=O)c2ccc(-c3cc(C(F)(F)F)on3)s2)CC1. The second-order valence-electron chi connectivity index (χ2n) is 7.90. The van der Waals surface area contributed by atoms with E-state index in [1.165, 1.54) is 16.4 Å². The maximum Gasteiger partial charge on any atom is 0.452 e. The molecule has 7 nitrogen and oxygen atoms in total. The van der Waals surface area contributed by atoms with E-state index in [0.717, 1.165) is 56.2 Å². The van der Waals surface area contributed by atoms with E-state index in [9.17, 15) is 21.6 Å². The van der Waals surface area contributed by atoms with Gasteiger partial charge in [0, 0.05) is 38.3 Å². The van der Waals surface area contributed by atoms with Crippen LogP contribution >= 0.6 is 11.3 Å². The molecule has 2 saturated heterocycles. The van der Waals surface area contributed by atoms with Crippen LogP contribution in [0.15, 0.2) is 26.9 Å². The van der Waals surface area contributed by atoms with E-state index in [-0.39, 0.29) is 16.0 Å². The second kappa shape index (κ2) is 8.81. The van der Waals surface area contributed by atoms with Crippen molar-refractivity contribution >= 4 is 21.4 Å². The predicted octanol–water partition coefficient (Wildman–Crippen LogP) is 3.69. The smallest absolute Gasteiger partial charge is 0.377 e. The molecule has 12 heteroatoms. The molecule has 4 rings (SSSR count). The molecule has 2 aromatic rings. The average molecular weight is 480 g/mol. The fraction of sp³-hybridized carbons (Fsp3) is 0.632. The number of ether oxygens (including phenoxy) is 1. The van der Waals surface area contributed by atoms with Gasteiger partial charge in [-0.05, 0) is 44.9 Å². The van der Waals surface area contributed by atoms with E-state index < -0.39 is 22.0 Å². The van der Waals surface area contributed by atoms with Gasteiger partial charge >= 0.3 is 6.18 Å². The zero-order valence-corrected chi connectivity index (χ0v) is 18.6. The largest absolute Gasteiger partial charge is 0.452 e. The Balaban J connectivity index is 1.39. The van der Waals surface area contributed by atoms with Crippen molar-refractivity contribution < 1.29 is 30.8 Å². The van der Waals surface area contributed by atoms with Gasteiger partial charge in [-0.3, -0.25) is 0 Å². The van der Waals surface area contributed by atoms with Crippen molar-refractivity contribution in [3.63, 3.8) is 0 Å². The van der Waals surface area contributed by atoms with Crippen molar-refractivity contribution in [1.82, 2.24) is 14.4 Å². The van der Waals surface area contributed by atoms with E-state index in [2.05, 4.69) is 21.6 Å². The van der Waals surface area contributed by atoms with Gasteiger partial charge in [-0.1, -0.05) is 5.16 Å². The maximum absolute atomic E-state index is 13.0. The Morgan fingerprint density at radius 3 is 2.61 bits per heavy atom. The van der Waals surface area contributed by atoms with Gasteiger partial charge in [-0.15, -0.1) is 11.3 Å². The first kappa shape index (κ1) is 22.7. The highest BCUT2D eigenvalue weighted by Crippen LogP contribution is 2.36. The molecule has 4 heterocycles. The summed E-state index contributed by atoms with van der Waals surface area (Å²) in [5.41, 5.74) is -0.0340. The zero-order chi connectivity index (χ0) is 22.2. The highest BCUT2D eigenvalue weighted by molar-refractivity contribution is 7.91. The second-order valence-corrected chi connectivity index (χ2v) is 11.2. The number of hydrogen-bond donors (Lipinski definition) is 0. The molecular weight excluding hydrogens is 455 g/mol. The monoisotopic (exact) mass is 479 g/mol. The number of piperidine rings is 1. The Kier molecular flexibility index (Phi) is 6.46. The van der Waals surface area contributed by atoms with Gasteiger partial charge < -0.3 is 14.2 Å². The van der Waals surface area contributed by atoms with Crippen LogP contribution in [-0.4, -0.2) is 68.2 Å². The Bertz CT molecular complexity index is 991. The minimum absolute atomic E-state index is 0.0340. The summed E-state index contributed by atoms with van der Waals surface area (Å²) in [6.07, 6.45) is -0.792. The Labute approximate surface area is 182 Å². The number of halogens is 3. The molecular formula is C19H24F3N3O4S2. The van der Waals surface area contributed by atoms with Crippen LogP contribution in [0.4, 0.5) is 13.2 Å². The van der Waals surface area contributed by atoms with Crippen LogP contribution in [0.1, 0.15) is 31.4 Å². The fourth-order valence-electron chi connectivity index (χ4n) is 4.03. The minimum atomic E-state index is -4.64. The molecule has 0 bridgehead atoms. The van der Waals surface area contributed by atoms with Crippen LogP contribution in [0, 0.1) is 0 Å². The van der Waals surface area contributed by atoms with Crippen LogP contribution in [0.2, 0.25) is 0 Å². The van der Waals surface area contributed by atoms with Crippen molar-refractivity contribution in [2.24, 2.45) is 0 Å². The third kappa shape index (κ3) is 4.98. The van der Waals surface area contributed by atoms with E-state index in [1.807, 2.05) is 0 Å². The molecule has 1 atom stereocenters. The molecule has 0 unspecified atom stereocenters. The summed E-state index contributed by atoms with van der Waals surface area (Å²) < 4.78 is 75.8. The summed E-state index contributed by atoms with van der Waals surface area (Å²) in [5.74, 6) is -1.21. The van der Waals surface area contributed by atoms with Crippen LogP contribution in [-0.2, 0) is 20.9 Å². The topological polar surface area (TPSA) is 75.9 Å². The Hall–Kier alpha value is -1.47. The number of likely N-dealkylation sites (N-methyl/N-ethyl adjacent to an activating group) is 1. The first-order chi connectivity index (χ1) is 14.6. The molecule has 0 saturated carbocycles. The Morgan fingerprint density at radius 2 is 2.00 bits per heavy atom. The lowest BCUT2D eigenvalue weighted by molar-refractivity contribution is -0.155. The van der Waals surface area contributed by atoms with Gasteiger partial charge in [-0.25, -0.2) is 8.42 Å². The van der Waals surface area contributed by atoms with Gasteiger partial charge in [0.05, 0.1) is 11.0 Å². The maximum atomic E-state index is 13.0. The van der Waals surface area contributed by atoms with Gasteiger partial charge in [0.15, 0.2) is 0 Å². The lowest BCUT2D eigenvalue weighted by Gasteiger charge is -2.36. The van der Waals surface area contributed by atoms with E-state index in [1.54, 1.807) is 0 Å². The molecule has 2 aliphatic rings. The number of sulfonamides is 1. The minimum Gasteiger partial charge on any atom is -0.377 e. The van der Waals surface area contributed by atoms with Crippen LogP contribution in [0.25, 0.3) is 10.6 Å². The summed E-state index contributed by atoms with van der Waals surface area (Å²) in [6.45, 7) is 2.46. The average Bonchev–Trinajstić information content (AvgIpc) is 3.47. The molecule has 2 aromatic heterocycles. The third-order valence-electron chi connectivity index (χ3n) is 5.78. The summed E-state index contributed by atoms with van der Waals surface area (Å²) in [4.78, 5) is 2.57. The van der Waals surface area contributed by atoms with Crippen molar-refractivity contribution in [3.05, 3.63) is 24.0 Å². The van der Waals surface area contributed by atoms with E-state index in [0.29, 0.717) is 24.0 Å². The van der Waals surface area contributed by atoms with Gasteiger partial charge in [0.2, 0.25) is 5.76 Å². The van der Waals surface area contributed by atoms with Gasteiger partial charge in [0.1, 0.15) is 9.90 Å². The molecule has 2 fully saturated rings. The molecule has 0 N–H and O–H groups in total. The first-order valence-electron chi connectivity index (χ1n) is 10.1. The molecule has 0 aliphatic carbocycles. The van der Waals surface area contributed by atoms with E-state index in [4.69, 9.17) is 4.74 Å². The molecule has 0 amide bonds. The summed E-state index contributed by atoms with van der Waals surface area (Å²) in [6, 6.07) is 3.94. The number of aromatic nitrogens is 1. The predicted molar refractivity (Wildman–Crippen MR) is 108 cm³/mol.